The summed E-state index contributed by atoms with van der Waals surface area (Å²) in [6, 6.07) is 18.0. The maximum atomic E-state index is 12.8. The minimum absolute atomic E-state index is 0.134. The van der Waals surface area contributed by atoms with Crippen molar-refractivity contribution in [2.75, 3.05) is 18.5 Å². The first-order valence-corrected chi connectivity index (χ1v) is 13.0. The molecular formula is C22H21Br2N3O4S. The van der Waals surface area contributed by atoms with Crippen LogP contribution in [0.3, 0.4) is 0 Å². The molecule has 3 N–H and O–H groups in total. The van der Waals surface area contributed by atoms with E-state index < -0.39 is 16.1 Å². The molecule has 1 amide bonds. The van der Waals surface area contributed by atoms with E-state index in [4.69, 9.17) is 4.74 Å². The SMILES string of the molecule is O=C(Nc1cccc2ccccc12)OC[C@H]1C[C@@H](NS(=O)(=O)c2cc(Br)ccc2Br)CN1. The lowest BCUT2D eigenvalue weighted by Gasteiger charge is -2.15. The van der Waals surface area contributed by atoms with Crippen LogP contribution in [0.5, 0.6) is 0 Å². The van der Waals surface area contributed by atoms with Crippen molar-refractivity contribution >= 4 is 64.4 Å². The summed E-state index contributed by atoms with van der Waals surface area (Å²) in [4.78, 5) is 12.5. The van der Waals surface area contributed by atoms with Gasteiger partial charge in [-0.2, -0.15) is 0 Å². The molecule has 10 heteroatoms. The zero-order valence-electron chi connectivity index (χ0n) is 16.8. The van der Waals surface area contributed by atoms with E-state index in [2.05, 4.69) is 47.2 Å². The van der Waals surface area contributed by atoms with E-state index in [0.29, 0.717) is 27.6 Å². The lowest BCUT2D eigenvalue weighted by Crippen LogP contribution is -2.36. The van der Waals surface area contributed by atoms with Crippen molar-refractivity contribution in [1.82, 2.24) is 10.0 Å². The molecule has 0 bridgehead atoms. The minimum atomic E-state index is -3.70. The summed E-state index contributed by atoms with van der Waals surface area (Å²) in [6.45, 7) is 0.583. The minimum Gasteiger partial charge on any atom is -0.448 e. The number of amides is 1. The molecule has 3 aromatic carbocycles. The number of ether oxygens (including phenoxy) is 1. The highest BCUT2D eigenvalue weighted by Gasteiger charge is 2.30. The third-order valence-electron chi connectivity index (χ3n) is 5.17. The fraction of sp³-hybridized carbons (Fsp3) is 0.227. The third-order valence-corrected chi connectivity index (χ3v) is 8.18. The highest BCUT2D eigenvalue weighted by Crippen LogP contribution is 2.26. The van der Waals surface area contributed by atoms with Crippen LogP contribution < -0.4 is 15.4 Å². The third kappa shape index (κ3) is 5.49. The Morgan fingerprint density at radius 2 is 1.88 bits per heavy atom. The van der Waals surface area contributed by atoms with Gasteiger partial charge in [0, 0.05) is 33.0 Å². The highest BCUT2D eigenvalue weighted by molar-refractivity contribution is 9.11. The van der Waals surface area contributed by atoms with Crippen LogP contribution in [-0.2, 0) is 14.8 Å². The Bertz CT molecular complexity index is 1250. The first kappa shape index (κ1) is 23.2. The second kappa shape index (κ2) is 9.88. The molecule has 0 aromatic heterocycles. The van der Waals surface area contributed by atoms with Crippen LogP contribution in [0.1, 0.15) is 6.42 Å². The van der Waals surface area contributed by atoms with Gasteiger partial charge in [-0.3, -0.25) is 5.32 Å². The molecule has 0 aliphatic carbocycles. The van der Waals surface area contributed by atoms with E-state index in [1.807, 2.05) is 42.5 Å². The fourth-order valence-corrected chi connectivity index (χ4v) is 6.41. The van der Waals surface area contributed by atoms with E-state index >= 15 is 0 Å². The molecule has 1 aliphatic rings. The standard InChI is InChI=1S/C22H21Br2N3O4S/c23-15-8-9-19(24)21(10-15)32(29,30)27-16-11-17(25-12-16)13-31-22(28)26-20-7-3-5-14-4-1-2-6-18(14)20/h1-10,16-17,25,27H,11-13H2,(H,26,28)/t16-,17-/m1/s1. The van der Waals surface area contributed by atoms with Crippen LogP contribution >= 0.6 is 31.9 Å². The maximum absolute atomic E-state index is 12.8. The predicted molar refractivity (Wildman–Crippen MR) is 131 cm³/mol. The molecule has 1 saturated heterocycles. The number of fused-ring (bicyclic) bond motifs is 1. The first-order chi connectivity index (χ1) is 15.3. The number of anilines is 1. The smallest absolute Gasteiger partial charge is 0.411 e. The van der Waals surface area contributed by atoms with Gasteiger partial charge in [0.15, 0.2) is 0 Å². The van der Waals surface area contributed by atoms with Crippen LogP contribution in [0.2, 0.25) is 0 Å². The number of sulfonamides is 1. The normalized spacial score (nSPS) is 18.6. The summed E-state index contributed by atoms with van der Waals surface area (Å²) >= 11 is 6.59. The molecule has 4 rings (SSSR count). The van der Waals surface area contributed by atoms with Crippen LogP contribution in [-0.4, -0.2) is 39.7 Å². The number of benzene rings is 3. The highest BCUT2D eigenvalue weighted by atomic mass is 79.9. The van der Waals surface area contributed by atoms with Gasteiger partial charge in [-0.15, -0.1) is 0 Å². The fourth-order valence-electron chi connectivity index (χ4n) is 3.66. The zero-order chi connectivity index (χ0) is 22.7. The average Bonchev–Trinajstić information content (AvgIpc) is 3.21. The second-order valence-corrected chi connectivity index (χ2v) is 10.9. The Morgan fingerprint density at radius 1 is 1.09 bits per heavy atom. The molecule has 1 aliphatic heterocycles. The molecule has 0 spiro atoms. The summed E-state index contributed by atoms with van der Waals surface area (Å²) in [5.74, 6) is 0. The zero-order valence-corrected chi connectivity index (χ0v) is 20.8. The van der Waals surface area contributed by atoms with Crippen molar-refractivity contribution in [1.29, 1.82) is 0 Å². The molecule has 3 aromatic rings. The van der Waals surface area contributed by atoms with E-state index in [-0.39, 0.29) is 23.6 Å². The van der Waals surface area contributed by atoms with Crippen molar-refractivity contribution in [2.24, 2.45) is 0 Å². The Labute approximate surface area is 203 Å². The molecule has 7 nitrogen and oxygen atoms in total. The summed E-state index contributed by atoms with van der Waals surface area (Å²) in [5, 5.41) is 7.94. The average molecular weight is 583 g/mol. The predicted octanol–water partition coefficient (Wildman–Crippen LogP) is 4.62. The molecule has 0 radical (unpaired) electrons. The number of nitrogens with one attached hydrogen (secondary N) is 3. The number of hydrogen-bond acceptors (Lipinski definition) is 5. The quantitative estimate of drug-likeness (QED) is 0.394. The molecule has 0 unspecified atom stereocenters. The number of rotatable bonds is 6. The van der Waals surface area contributed by atoms with E-state index in [0.717, 1.165) is 10.8 Å². The van der Waals surface area contributed by atoms with Gasteiger partial charge >= 0.3 is 6.09 Å². The Hall–Kier alpha value is -1.98. The van der Waals surface area contributed by atoms with Crippen molar-refractivity contribution in [3.63, 3.8) is 0 Å². The van der Waals surface area contributed by atoms with E-state index in [1.54, 1.807) is 18.2 Å². The summed E-state index contributed by atoms with van der Waals surface area (Å²) in [7, 11) is -3.70. The monoisotopic (exact) mass is 581 g/mol. The summed E-state index contributed by atoms with van der Waals surface area (Å²) in [5.41, 5.74) is 0.678. The van der Waals surface area contributed by atoms with Crippen molar-refractivity contribution < 1.29 is 17.9 Å². The van der Waals surface area contributed by atoms with Gasteiger partial charge in [0.2, 0.25) is 10.0 Å². The molecular weight excluding hydrogens is 562 g/mol. The number of hydrogen-bond donors (Lipinski definition) is 3. The van der Waals surface area contributed by atoms with Crippen LogP contribution in [0, 0.1) is 0 Å². The van der Waals surface area contributed by atoms with Gasteiger partial charge in [-0.1, -0.05) is 52.3 Å². The Kier molecular flexibility index (Phi) is 7.16. The van der Waals surface area contributed by atoms with Crippen molar-refractivity contribution in [3.05, 3.63) is 69.6 Å². The topological polar surface area (TPSA) is 96.5 Å². The van der Waals surface area contributed by atoms with Crippen LogP contribution in [0.4, 0.5) is 10.5 Å². The van der Waals surface area contributed by atoms with Crippen molar-refractivity contribution in [3.8, 4) is 0 Å². The maximum Gasteiger partial charge on any atom is 0.411 e. The Balaban J connectivity index is 1.30. The van der Waals surface area contributed by atoms with E-state index in [9.17, 15) is 13.2 Å². The molecule has 0 saturated carbocycles. The van der Waals surface area contributed by atoms with E-state index in [1.165, 1.54) is 0 Å². The number of halogens is 2. The van der Waals surface area contributed by atoms with Gasteiger partial charge in [0.05, 0.1) is 10.6 Å². The van der Waals surface area contributed by atoms with Gasteiger partial charge in [-0.05, 0) is 52.0 Å². The second-order valence-electron chi connectivity index (χ2n) is 7.48. The van der Waals surface area contributed by atoms with Gasteiger partial charge in [-0.25, -0.2) is 17.9 Å². The molecule has 32 heavy (non-hydrogen) atoms. The lowest BCUT2D eigenvalue weighted by atomic mass is 10.1. The first-order valence-electron chi connectivity index (χ1n) is 9.94. The lowest BCUT2D eigenvalue weighted by molar-refractivity contribution is 0.151. The largest absolute Gasteiger partial charge is 0.448 e. The Morgan fingerprint density at radius 3 is 2.72 bits per heavy atom. The van der Waals surface area contributed by atoms with Crippen LogP contribution in [0.15, 0.2) is 74.5 Å². The molecule has 2 atom stereocenters. The number of carbonyl (C=O) groups excluding carboxylic acids is 1. The van der Waals surface area contributed by atoms with Gasteiger partial charge < -0.3 is 10.1 Å². The molecule has 1 fully saturated rings. The van der Waals surface area contributed by atoms with Gasteiger partial charge in [0.1, 0.15) is 6.61 Å². The van der Waals surface area contributed by atoms with Crippen LogP contribution in [0.25, 0.3) is 10.8 Å². The molecule has 1 heterocycles. The number of carbonyl (C=O) groups is 1. The summed E-state index contributed by atoms with van der Waals surface area (Å²) < 4.78 is 34.8. The molecule has 168 valence electrons. The van der Waals surface area contributed by atoms with Crippen molar-refractivity contribution in [2.45, 2.75) is 23.4 Å². The summed E-state index contributed by atoms with van der Waals surface area (Å²) in [6.07, 6.45) is -0.0443. The van der Waals surface area contributed by atoms with Gasteiger partial charge in [0.25, 0.3) is 0 Å².